The van der Waals surface area contributed by atoms with Gasteiger partial charge in [-0.05, 0) is 59.9 Å². The second-order valence-corrected chi connectivity index (χ2v) is 12.8. The molecule has 0 aliphatic carbocycles. The smallest absolute Gasteiger partial charge is 0.407 e. The van der Waals surface area contributed by atoms with Crippen LogP contribution in [0.1, 0.15) is 46.9 Å². The van der Waals surface area contributed by atoms with E-state index in [-0.39, 0.29) is 26.1 Å². The average molecular weight is 722 g/mol. The van der Waals surface area contributed by atoms with E-state index in [1.54, 1.807) is 21.1 Å². The maximum Gasteiger partial charge on any atom is 0.407 e. The predicted molar refractivity (Wildman–Crippen MR) is 197 cm³/mol. The summed E-state index contributed by atoms with van der Waals surface area (Å²) < 4.78 is 31.9. The molecule has 5 aromatic rings. The number of methoxy groups -OCH3 is 2. The lowest BCUT2D eigenvalue weighted by Gasteiger charge is -2.41. The van der Waals surface area contributed by atoms with E-state index in [1.807, 2.05) is 109 Å². The van der Waals surface area contributed by atoms with Crippen LogP contribution in [0.4, 0.5) is 4.79 Å². The standard InChI is InChI=1S/C41H43N3O9/c1-27-25-44(39(47)43-38(27)46)36-24-34(42-40(48)51-26-28-10-6-4-7-11-28)37(52-36)35(22-23-45)53-41(29-12-8-5-9-13-29,30-14-18-32(49-2)19-15-30)31-16-20-33(50-3)21-17-31/h4-21,25,34-37,45H,22-24,26H2,1-3H3,(H,42,48)(H,43,46,47)/t34-,35-,36+,37-/m0/s1. The number of carbonyl (C=O) groups is 1. The second kappa shape index (κ2) is 16.8. The molecule has 0 bridgehead atoms. The molecule has 1 aromatic heterocycles. The highest BCUT2D eigenvalue weighted by molar-refractivity contribution is 5.67. The van der Waals surface area contributed by atoms with Crippen LogP contribution in [-0.2, 0) is 26.4 Å². The van der Waals surface area contributed by atoms with Gasteiger partial charge in [-0.15, -0.1) is 0 Å². The number of aromatic nitrogens is 2. The van der Waals surface area contributed by atoms with Crippen molar-refractivity contribution in [2.75, 3.05) is 20.8 Å². The largest absolute Gasteiger partial charge is 0.497 e. The predicted octanol–water partition coefficient (Wildman–Crippen LogP) is 5.20. The third kappa shape index (κ3) is 8.20. The summed E-state index contributed by atoms with van der Waals surface area (Å²) >= 11 is 0. The number of nitrogens with one attached hydrogen (secondary N) is 2. The molecule has 0 spiro atoms. The Bertz CT molecular complexity index is 2020. The summed E-state index contributed by atoms with van der Waals surface area (Å²) in [4.78, 5) is 41.0. The summed E-state index contributed by atoms with van der Waals surface area (Å²) in [7, 11) is 3.19. The Morgan fingerprint density at radius 3 is 2.02 bits per heavy atom. The van der Waals surface area contributed by atoms with E-state index >= 15 is 0 Å². The van der Waals surface area contributed by atoms with E-state index in [1.165, 1.54) is 10.8 Å². The lowest BCUT2D eigenvalue weighted by atomic mass is 9.79. The molecule has 0 unspecified atom stereocenters. The van der Waals surface area contributed by atoms with Crippen LogP contribution in [0.3, 0.4) is 0 Å². The summed E-state index contributed by atoms with van der Waals surface area (Å²) in [5, 5.41) is 13.5. The van der Waals surface area contributed by atoms with Gasteiger partial charge in [-0.2, -0.15) is 0 Å². The summed E-state index contributed by atoms with van der Waals surface area (Å²) in [6.07, 6.45) is -1.73. The number of rotatable bonds is 14. The molecule has 276 valence electrons. The van der Waals surface area contributed by atoms with Crippen molar-refractivity contribution in [2.24, 2.45) is 0 Å². The third-order valence-electron chi connectivity index (χ3n) is 9.42. The van der Waals surface area contributed by atoms with Gasteiger partial charge in [0.25, 0.3) is 5.56 Å². The Labute approximate surface area is 306 Å². The van der Waals surface area contributed by atoms with E-state index < -0.39 is 47.4 Å². The van der Waals surface area contributed by atoms with Gasteiger partial charge < -0.3 is 34.1 Å². The van der Waals surface area contributed by atoms with Crippen molar-refractivity contribution in [1.82, 2.24) is 14.9 Å². The van der Waals surface area contributed by atoms with Gasteiger partial charge in [0.1, 0.15) is 36.0 Å². The number of H-pyrrole nitrogens is 1. The summed E-state index contributed by atoms with van der Waals surface area (Å²) in [5.41, 5.74) is 0.964. The zero-order valence-electron chi connectivity index (χ0n) is 29.8. The molecule has 1 saturated heterocycles. The molecule has 53 heavy (non-hydrogen) atoms. The van der Waals surface area contributed by atoms with Gasteiger partial charge in [0, 0.05) is 24.8 Å². The quantitative estimate of drug-likeness (QED) is 0.132. The number of amides is 1. The van der Waals surface area contributed by atoms with Crippen LogP contribution >= 0.6 is 0 Å². The van der Waals surface area contributed by atoms with Gasteiger partial charge in [-0.25, -0.2) is 9.59 Å². The summed E-state index contributed by atoms with van der Waals surface area (Å²) in [6, 6.07) is 33.3. The Hall–Kier alpha value is -5.69. The number of aliphatic hydroxyl groups is 1. The molecule has 3 N–H and O–H groups in total. The Kier molecular flexibility index (Phi) is 11.7. The summed E-state index contributed by atoms with van der Waals surface area (Å²) in [5.74, 6) is 1.30. The number of alkyl carbamates (subject to hydrolysis) is 1. The Balaban J connectivity index is 1.44. The molecule has 0 saturated carbocycles. The molecule has 12 nitrogen and oxygen atoms in total. The lowest BCUT2D eigenvalue weighted by Crippen LogP contribution is -2.50. The van der Waals surface area contributed by atoms with Gasteiger partial charge in [0.05, 0.1) is 26.4 Å². The molecule has 1 aliphatic rings. The lowest BCUT2D eigenvalue weighted by molar-refractivity contribution is -0.138. The first-order valence-corrected chi connectivity index (χ1v) is 17.3. The van der Waals surface area contributed by atoms with Crippen molar-refractivity contribution in [3.05, 3.63) is 164 Å². The van der Waals surface area contributed by atoms with Gasteiger partial charge in [-0.3, -0.25) is 14.3 Å². The molecule has 12 heteroatoms. The number of nitrogens with zero attached hydrogens (tertiary/aromatic N) is 1. The zero-order chi connectivity index (χ0) is 37.4. The number of hydrogen-bond acceptors (Lipinski definition) is 9. The van der Waals surface area contributed by atoms with E-state index in [4.69, 9.17) is 23.7 Å². The molecule has 0 radical (unpaired) electrons. The molecular weight excluding hydrogens is 678 g/mol. The molecular formula is C41H43N3O9. The number of ether oxygens (including phenoxy) is 5. The number of benzene rings is 4. The van der Waals surface area contributed by atoms with E-state index in [2.05, 4.69) is 10.3 Å². The van der Waals surface area contributed by atoms with Crippen molar-refractivity contribution >= 4 is 6.09 Å². The summed E-state index contributed by atoms with van der Waals surface area (Å²) in [6.45, 7) is 1.34. The first-order valence-electron chi connectivity index (χ1n) is 17.3. The Morgan fingerprint density at radius 2 is 1.45 bits per heavy atom. The fourth-order valence-electron chi connectivity index (χ4n) is 6.74. The molecule has 1 aliphatic heterocycles. The Morgan fingerprint density at radius 1 is 0.887 bits per heavy atom. The normalized spacial score (nSPS) is 17.5. The first-order chi connectivity index (χ1) is 25.7. The van der Waals surface area contributed by atoms with Crippen molar-refractivity contribution in [2.45, 2.75) is 56.5 Å². The minimum Gasteiger partial charge on any atom is -0.497 e. The number of aromatic amines is 1. The van der Waals surface area contributed by atoms with Gasteiger partial charge >= 0.3 is 11.8 Å². The fourth-order valence-corrected chi connectivity index (χ4v) is 6.74. The van der Waals surface area contributed by atoms with Crippen LogP contribution in [0.2, 0.25) is 0 Å². The molecule has 4 aromatic carbocycles. The third-order valence-corrected chi connectivity index (χ3v) is 9.42. The number of aryl methyl sites for hydroxylation is 1. The molecule has 1 fully saturated rings. The average Bonchev–Trinajstić information content (AvgIpc) is 3.61. The van der Waals surface area contributed by atoms with Crippen LogP contribution < -0.4 is 26.0 Å². The van der Waals surface area contributed by atoms with Crippen molar-refractivity contribution in [1.29, 1.82) is 0 Å². The zero-order valence-corrected chi connectivity index (χ0v) is 29.8. The number of aliphatic hydroxyl groups excluding tert-OH is 1. The highest BCUT2D eigenvalue weighted by Crippen LogP contribution is 2.45. The van der Waals surface area contributed by atoms with E-state index in [0.29, 0.717) is 17.1 Å². The fraction of sp³-hybridized carbons (Fsp3) is 0.293. The van der Waals surface area contributed by atoms with E-state index in [9.17, 15) is 19.5 Å². The minimum absolute atomic E-state index is 0.0372. The first kappa shape index (κ1) is 37.1. The maximum atomic E-state index is 13.4. The van der Waals surface area contributed by atoms with Crippen molar-refractivity contribution in [3.63, 3.8) is 0 Å². The SMILES string of the molecule is COc1ccc(C(O[C@@H](CCO)[C@H]2O[C@@H](n3cc(C)c(=O)[nH]c3=O)C[C@@H]2NC(=O)OCc2ccccc2)(c2ccccc2)c2ccc(OC)cc2)cc1. The van der Waals surface area contributed by atoms with Gasteiger partial charge in [0.15, 0.2) is 0 Å². The van der Waals surface area contributed by atoms with Crippen LogP contribution in [0.15, 0.2) is 125 Å². The highest BCUT2D eigenvalue weighted by Gasteiger charge is 2.48. The molecule has 6 rings (SSSR count). The van der Waals surface area contributed by atoms with Crippen molar-refractivity contribution < 1.29 is 33.6 Å². The number of hydrogen-bond donors (Lipinski definition) is 3. The van der Waals surface area contributed by atoms with Crippen molar-refractivity contribution in [3.8, 4) is 11.5 Å². The topological polar surface area (TPSA) is 150 Å². The molecule has 1 amide bonds. The second-order valence-electron chi connectivity index (χ2n) is 12.8. The number of carbonyl (C=O) groups excluding carboxylic acids is 1. The van der Waals surface area contributed by atoms with E-state index in [0.717, 1.165) is 22.3 Å². The molecule has 4 atom stereocenters. The highest BCUT2D eigenvalue weighted by atomic mass is 16.6. The van der Waals surface area contributed by atoms with Crippen LogP contribution in [0, 0.1) is 6.92 Å². The monoisotopic (exact) mass is 721 g/mol. The van der Waals surface area contributed by atoms with Crippen LogP contribution in [-0.4, -0.2) is 59.8 Å². The van der Waals surface area contributed by atoms with Gasteiger partial charge in [0.2, 0.25) is 0 Å². The van der Waals surface area contributed by atoms with Gasteiger partial charge in [-0.1, -0.05) is 84.9 Å². The molecule has 2 heterocycles. The maximum absolute atomic E-state index is 13.4. The van der Waals surface area contributed by atoms with Crippen LogP contribution in [0.5, 0.6) is 11.5 Å². The van der Waals surface area contributed by atoms with Crippen LogP contribution in [0.25, 0.3) is 0 Å². The minimum atomic E-state index is -1.29.